The molecule has 1 N–H and O–H groups in total. The van der Waals surface area contributed by atoms with Crippen LogP contribution in [0, 0.1) is 5.82 Å². The third-order valence-corrected chi connectivity index (χ3v) is 5.15. The molecular formula is C24H23ClFN3O3. The molecule has 166 valence electrons. The zero-order valence-electron chi connectivity index (χ0n) is 17.5. The zero-order chi connectivity index (χ0) is 22.9. The molecule has 2 aromatic carbocycles. The highest BCUT2D eigenvalue weighted by molar-refractivity contribution is 6.32. The van der Waals surface area contributed by atoms with Gasteiger partial charge in [-0.25, -0.2) is 4.39 Å². The molecule has 0 aliphatic heterocycles. The van der Waals surface area contributed by atoms with Gasteiger partial charge in [0.25, 0.3) is 5.91 Å². The predicted molar refractivity (Wildman–Crippen MR) is 119 cm³/mol. The Morgan fingerprint density at radius 3 is 2.44 bits per heavy atom. The number of amides is 2. The number of pyridine rings is 1. The summed E-state index contributed by atoms with van der Waals surface area (Å²) >= 11 is 6.09. The summed E-state index contributed by atoms with van der Waals surface area (Å²) in [7, 11) is 0. The van der Waals surface area contributed by atoms with Crippen LogP contribution in [0.5, 0.6) is 5.75 Å². The van der Waals surface area contributed by atoms with Gasteiger partial charge >= 0.3 is 0 Å². The molecule has 1 aromatic heterocycles. The molecule has 6 nitrogen and oxygen atoms in total. The molecule has 0 aliphatic carbocycles. The molecule has 0 fully saturated rings. The van der Waals surface area contributed by atoms with Crippen LogP contribution < -0.4 is 10.1 Å². The maximum absolute atomic E-state index is 13.3. The van der Waals surface area contributed by atoms with Gasteiger partial charge < -0.3 is 15.0 Å². The van der Waals surface area contributed by atoms with Crippen LogP contribution in [-0.2, 0) is 22.7 Å². The van der Waals surface area contributed by atoms with Gasteiger partial charge in [0.1, 0.15) is 17.6 Å². The van der Waals surface area contributed by atoms with Crippen molar-refractivity contribution < 1.29 is 18.7 Å². The van der Waals surface area contributed by atoms with E-state index >= 15 is 0 Å². The van der Waals surface area contributed by atoms with Crippen LogP contribution >= 0.6 is 11.6 Å². The summed E-state index contributed by atoms with van der Waals surface area (Å²) in [6.07, 6.45) is 3.28. The first-order valence-electron chi connectivity index (χ1n) is 10.0. The van der Waals surface area contributed by atoms with Crippen LogP contribution in [0.25, 0.3) is 0 Å². The Morgan fingerprint density at radius 1 is 1.06 bits per heavy atom. The summed E-state index contributed by atoms with van der Waals surface area (Å²) in [5, 5.41) is 3.21. The monoisotopic (exact) mass is 455 g/mol. The summed E-state index contributed by atoms with van der Waals surface area (Å²) in [5.74, 6) is -0.730. The van der Waals surface area contributed by atoms with Gasteiger partial charge in [-0.2, -0.15) is 0 Å². The first-order valence-corrected chi connectivity index (χ1v) is 10.4. The number of para-hydroxylation sites is 1. The van der Waals surface area contributed by atoms with Gasteiger partial charge in [-0.3, -0.25) is 14.6 Å². The van der Waals surface area contributed by atoms with Crippen LogP contribution in [0.2, 0.25) is 5.02 Å². The Bertz CT molecular complexity index is 1050. The standard InChI is InChI=1S/C24H23ClFN3O3/c1-17(24(31)28-14-18-10-12-27-13-11-18)29(15-19-6-8-20(26)9-7-19)23(30)16-32-22-5-3-2-4-21(22)25/h2-13,17H,14-16H2,1H3,(H,28,31). The average Bonchev–Trinajstić information content (AvgIpc) is 2.81. The van der Waals surface area contributed by atoms with Gasteiger partial charge in [-0.05, 0) is 54.4 Å². The first kappa shape index (κ1) is 23.2. The van der Waals surface area contributed by atoms with Gasteiger partial charge in [-0.15, -0.1) is 0 Å². The quantitative estimate of drug-likeness (QED) is 0.529. The molecule has 1 heterocycles. The molecule has 3 rings (SSSR count). The topological polar surface area (TPSA) is 71.5 Å². The smallest absolute Gasteiger partial charge is 0.261 e. The van der Waals surface area contributed by atoms with Crippen LogP contribution in [0.15, 0.2) is 73.1 Å². The number of aromatic nitrogens is 1. The highest BCUT2D eigenvalue weighted by atomic mass is 35.5. The van der Waals surface area contributed by atoms with Gasteiger partial charge in [0.05, 0.1) is 5.02 Å². The van der Waals surface area contributed by atoms with Crippen molar-refractivity contribution >= 4 is 23.4 Å². The van der Waals surface area contributed by atoms with Crippen LogP contribution in [-0.4, -0.2) is 34.3 Å². The number of halogens is 2. The Hall–Kier alpha value is -3.45. The number of carbonyl (C=O) groups is 2. The second kappa shape index (κ2) is 11.2. The second-order valence-corrected chi connectivity index (χ2v) is 7.52. The maximum atomic E-state index is 13.3. The Morgan fingerprint density at radius 2 is 1.75 bits per heavy atom. The summed E-state index contributed by atoms with van der Waals surface area (Å²) in [6, 6.07) is 15.4. The maximum Gasteiger partial charge on any atom is 0.261 e. The van der Waals surface area contributed by atoms with E-state index in [0.29, 0.717) is 22.9 Å². The lowest BCUT2D eigenvalue weighted by molar-refractivity contribution is -0.142. The number of rotatable bonds is 9. The van der Waals surface area contributed by atoms with E-state index in [-0.39, 0.29) is 24.9 Å². The highest BCUT2D eigenvalue weighted by Gasteiger charge is 2.26. The van der Waals surface area contributed by atoms with Crippen molar-refractivity contribution in [3.63, 3.8) is 0 Å². The number of carbonyl (C=O) groups excluding carboxylic acids is 2. The van der Waals surface area contributed by atoms with Crippen molar-refractivity contribution in [3.8, 4) is 5.75 Å². The number of nitrogens with zero attached hydrogens (tertiary/aromatic N) is 2. The van der Waals surface area contributed by atoms with E-state index in [1.165, 1.54) is 17.0 Å². The van der Waals surface area contributed by atoms with Crippen LogP contribution in [0.1, 0.15) is 18.1 Å². The van der Waals surface area contributed by atoms with Crippen molar-refractivity contribution in [2.24, 2.45) is 0 Å². The molecule has 0 saturated carbocycles. The van der Waals surface area contributed by atoms with Gasteiger partial charge in [0.15, 0.2) is 6.61 Å². The van der Waals surface area contributed by atoms with Gasteiger partial charge in [0.2, 0.25) is 5.91 Å². The number of hydrogen-bond acceptors (Lipinski definition) is 4. The van der Waals surface area contributed by atoms with E-state index in [0.717, 1.165) is 5.56 Å². The van der Waals surface area contributed by atoms with E-state index in [1.54, 1.807) is 67.8 Å². The summed E-state index contributed by atoms with van der Waals surface area (Å²) in [4.78, 5) is 31.2. The number of ether oxygens (including phenoxy) is 1. The van der Waals surface area contributed by atoms with E-state index < -0.39 is 11.9 Å². The lowest BCUT2D eigenvalue weighted by Crippen LogP contribution is -2.48. The molecular weight excluding hydrogens is 433 g/mol. The lowest BCUT2D eigenvalue weighted by Gasteiger charge is -2.29. The third-order valence-electron chi connectivity index (χ3n) is 4.84. The third kappa shape index (κ3) is 6.52. The summed E-state index contributed by atoms with van der Waals surface area (Å²) in [5.41, 5.74) is 1.57. The molecule has 1 unspecified atom stereocenters. The van der Waals surface area contributed by atoms with Crippen LogP contribution in [0.4, 0.5) is 4.39 Å². The molecule has 0 spiro atoms. The first-order chi connectivity index (χ1) is 15.4. The predicted octanol–water partition coefficient (Wildman–Crippen LogP) is 3.99. The molecule has 8 heteroatoms. The Kier molecular flexibility index (Phi) is 8.16. The molecule has 3 aromatic rings. The fraction of sp³-hybridized carbons (Fsp3) is 0.208. The lowest BCUT2D eigenvalue weighted by atomic mass is 10.1. The van der Waals surface area contributed by atoms with Crippen molar-refractivity contribution in [2.75, 3.05) is 6.61 Å². The summed E-state index contributed by atoms with van der Waals surface area (Å²) < 4.78 is 18.9. The number of nitrogens with one attached hydrogen (secondary N) is 1. The minimum absolute atomic E-state index is 0.120. The number of hydrogen-bond donors (Lipinski definition) is 1. The largest absolute Gasteiger partial charge is 0.482 e. The molecule has 0 radical (unpaired) electrons. The van der Waals surface area contributed by atoms with E-state index in [9.17, 15) is 14.0 Å². The normalized spacial score (nSPS) is 11.5. The fourth-order valence-corrected chi connectivity index (χ4v) is 3.18. The number of benzene rings is 2. The van der Waals surface area contributed by atoms with Gasteiger partial charge in [0, 0.05) is 25.5 Å². The van der Waals surface area contributed by atoms with Crippen molar-refractivity contribution in [3.05, 3.63) is 95.0 Å². The van der Waals surface area contributed by atoms with E-state index in [1.807, 2.05) is 0 Å². The van der Waals surface area contributed by atoms with E-state index in [4.69, 9.17) is 16.3 Å². The molecule has 32 heavy (non-hydrogen) atoms. The molecule has 0 saturated heterocycles. The van der Waals surface area contributed by atoms with Crippen molar-refractivity contribution in [2.45, 2.75) is 26.1 Å². The molecule has 1 atom stereocenters. The Labute approximate surface area is 191 Å². The highest BCUT2D eigenvalue weighted by Crippen LogP contribution is 2.23. The van der Waals surface area contributed by atoms with Crippen LogP contribution in [0.3, 0.4) is 0 Å². The molecule has 0 aliphatic rings. The minimum atomic E-state index is -0.788. The van der Waals surface area contributed by atoms with Crippen molar-refractivity contribution in [1.82, 2.24) is 15.2 Å². The minimum Gasteiger partial charge on any atom is -0.482 e. The SMILES string of the molecule is CC(C(=O)NCc1ccncc1)N(Cc1ccc(F)cc1)C(=O)COc1ccccc1Cl. The van der Waals surface area contributed by atoms with Gasteiger partial charge in [-0.1, -0.05) is 35.9 Å². The zero-order valence-corrected chi connectivity index (χ0v) is 18.3. The van der Waals surface area contributed by atoms with Crippen molar-refractivity contribution in [1.29, 1.82) is 0 Å². The average molecular weight is 456 g/mol. The second-order valence-electron chi connectivity index (χ2n) is 7.12. The molecule has 0 bridgehead atoms. The molecule has 2 amide bonds. The summed E-state index contributed by atoms with van der Waals surface area (Å²) in [6.45, 7) is 1.76. The van der Waals surface area contributed by atoms with E-state index in [2.05, 4.69) is 10.3 Å². The fourth-order valence-electron chi connectivity index (χ4n) is 2.99. The Balaban J connectivity index is 1.71.